The van der Waals surface area contributed by atoms with Crippen molar-refractivity contribution in [3.8, 4) is 11.8 Å². The van der Waals surface area contributed by atoms with Gasteiger partial charge < -0.3 is 10.5 Å². The van der Waals surface area contributed by atoms with Gasteiger partial charge in [0.25, 0.3) is 5.91 Å². The van der Waals surface area contributed by atoms with Gasteiger partial charge in [-0.25, -0.2) is 4.79 Å². The minimum atomic E-state index is -0.934. The standard InChI is InChI=1S/C11H11N3O3/c1-7(10(15)14-11(13)16)17-9-4-2-3-8(5-9)6-12/h2-5,7H,1H3,(H3,13,14,15,16). The van der Waals surface area contributed by atoms with E-state index in [-0.39, 0.29) is 0 Å². The Hall–Kier alpha value is -2.55. The molecule has 1 aromatic rings. The minimum Gasteiger partial charge on any atom is -0.481 e. The van der Waals surface area contributed by atoms with Crippen LogP contribution in [0.2, 0.25) is 0 Å². The quantitative estimate of drug-likeness (QED) is 0.793. The zero-order valence-electron chi connectivity index (χ0n) is 9.14. The fraction of sp³-hybridized carbons (Fsp3) is 0.182. The Balaban J connectivity index is 2.67. The number of carbonyl (C=O) groups is 2. The van der Waals surface area contributed by atoms with Crippen LogP contribution >= 0.6 is 0 Å². The van der Waals surface area contributed by atoms with Gasteiger partial charge in [-0.1, -0.05) is 6.07 Å². The molecule has 6 heteroatoms. The van der Waals surface area contributed by atoms with Crippen LogP contribution in [0.4, 0.5) is 4.79 Å². The van der Waals surface area contributed by atoms with Gasteiger partial charge in [-0.2, -0.15) is 5.26 Å². The number of ether oxygens (including phenoxy) is 1. The molecule has 1 rings (SSSR count). The van der Waals surface area contributed by atoms with Gasteiger partial charge in [0.2, 0.25) is 0 Å². The Morgan fingerprint density at radius 2 is 2.24 bits per heavy atom. The average Bonchev–Trinajstić information content (AvgIpc) is 2.28. The molecule has 0 aliphatic carbocycles. The van der Waals surface area contributed by atoms with E-state index < -0.39 is 18.0 Å². The highest BCUT2D eigenvalue weighted by Crippen LogP contribution is 2.14. The van der Waals surface area contributed by atoms with E-state index in [1.54, 1.807) is 18.2 Å². The Morgan fingerprint density at radius 3 is 2.82 bits per heavy atom. The lowest BCUT2D eigenvalue weighted by Gasteiger charge is -2.13. The number of nitrogens with one attached hydrogen (secondary N) is 1. The van der Waals surface area contributed by atoms with Crippen molar-refractivity contribution in [3.05, 3.63) is 29.8 Å². The van der Waals surface area contributed by atoms with Crippen molar-refractivity contribution >= 4 is 11.9 Å². The molecule has 0 aliphatic heterocycles. The first-order valence-corrected chi connectivity index (χ1v) is 4.80. The molecule has 1 unspecified atom stereocenters. The molecule has 88 valence electrons. The topological polar surface area (TPSA) is 105 Å². The molecule has 3 amide bonds. The van der Waals surface area contributed by atoms with Gasteiger partial charge in [0, 0.05) is 0 Å². The van der Waals surface area contributed by atoms with Crippen molar-refractivity contribution in [2.45, 2.75) is 13.0 Å². The number of urea groups is 1. The maximum Gasteiger partial charge on any atom is 0.318 e. The second-order valence-electron chi connectivity index (χ2n) is 3.25. The molecule has 1 atom stereocenters. The van der Waals surface area contributed by atoms with E-state index in [0.717, 1.165) is 0 Å². The molecule has 0 saturated carbocycles. The van der Waals surface area contributed by atoms with Crippen LogP contribution in [-0.4, -0.2) is 18.0 Å². The number of benzene rings is 1. The summed E-state index contributed by atoms with van der Waals surface area (Å²) in [6, 6.07) is 7.36. The van der Waals surface area contributed by atoms with E-state index in [1.807, 2.05) is 11.4 Å². The number of carbonyl (C=O) groups excluding carboxylic acids is 2. The number of imide groups is 1. The van der Waals surface area contributed by atoms with Crippen LogP contribution in [0, 0.1) is 11.3 Å². The van der Waals surface area contributed by atoms with Gasteiger partial charge in [0.05, 0.1) is 11.6 Å². The fourth-order valence-corrected chi connectivity index (χ4v) is 1.12. The van der Waals surface area contributed by atoms with Crippen molar-refractivity contribution in [1.29, 1.82) is 5.26 Å². The Labute approximate surface area is 98.0 Å². The molecule has 0 radical (unpaired) electrons. The molecule has 17 heavy (non-hydrogen) atoms. The normalized spacial score (nSPS) is 11.1. The van der Waals surface area contributed by atoms with Crippen LogP contribution in [0.15, 0.2) is 24.3 Å². The average molecular weight is 233 g/mol. The molecule has 0 aromatic heterocycles. The Bertz CT molecular complexity index is 479. The summed E-state index contributed by atoms with van der Waals surface area (Å²) in [5.41, 5.74) is 5.22. The van der Waals surface area contributed by atoms with Crippen LogP contribution in [0.1, 0.15) is 12.5 Å². The summed E-state index contributed by atoms with van der Waals surface area (Å²) in [6.45, 7) is 1.47. The number of primary amides is 1. The lowest BCUT2D eigenvalue weighted by Crippen LogP contribution is -2.42. The smallest absolute Gasteiger partial charge is 0.318 e. The molecule has 0 fully saturated rings. The van der Waals surface area contributed by atoms with Crippen LogP contribution in [-0.2, 0) is 4.79 Å². The van der Waals surface area contributed by atoms with Gasteiger partial charge in [0.15, 0.2) is 6.10 Å². The summed E-state index contributed by atoms with van der Waals surface area (Å²) in [5, 5.41) is 10.6. The highest BCUT2D eigenvalue weighted by Gasteiger charge is 2.16. The summed E-state index contributed by atoms with van der Waals surface area (Å²) < 4.78 is 5.25. The predicted molar refractivity (Wildman–Crippen MR) is 59.0 cm³/mol. The minimum absolute atomic E-state index is 0.371. The van der Waals surface area contributed by atoms with Crippen LogP contribution in [0.3, 0.4) is 0 Å². The number of nitrogens with zero attached hydrogens (tertiary/aromatic N) is 1. The molecule has 0 aliphatic rings. The molecule has 1 aromatic carbocycles. The van der Waals surface area contributed by atoms with Gasteiger partial charge >= 0.3 is 6.03 Å². The predicted octanol–water partition coefficient (Wildman–Crippen LogP) is 0.520. The molecule has 0 saturated heterocycles. The third-order valence-electron chi connectivity index (χ3n) is 1.89. The van der Waals surface area contributed by atoms with E-state index in [0.29, 0.717) is 11.3 Å². The maximum absolute atomic E-state index is 11.3. The number of nitriles is 1. The van der Waals surface area contributed by atoms with E-state index in [4.69, 9.17) is 15.7 Å². The third-order valence-corrected chi connectivity index (χ3v) is 1.89. The second kappa shape index (κ2) is 5.51. The molecular formula is C11H11N3O3. The summed E-state index contributed by atoms with van der Waals surface area (Å²) in [4.78, 5) is 21.8. The zero-order chi connectivity index (χ0) is 12.8. The first-order valence-electron chi connectivity index (χ1n) is 4.80. The van der Waals surface area contributed by atoms with Gasteiger partial charge in [-0.05, 0) is 25.1 Å². The van der Waals surface area contributed by atoms with Gasteiger partial charge in [-0.3, -0.25) is 10.1 Å². The van der Waals surface area contributed by atoms with Crippen molar-refractivity contribution in [3.63, 3.8) is 0 Å². The Kier molecular flexibility index (Phi) is 4.06. The van der Waals surface area contributed by atoms with E-state index in [9.17, 15) is 9.59 Å². The maximum atomic E-state index is 11.3. The second-order valence-corrected chi connectivity index (χ2v) is 3.25. The summed E-state index contributed by atoms with van der Waals surface area (Å²) in [7, 11) is 0. The van der Waals surface area contributed by atoms with E-state index in [2.05, 4.69) is 0 Å². The van der Waals surface area contributed by atoms with E-state index >= 15 is 0 Å². The van der Waals surface area contributed by atoms with Crippen molar-refractivity contribution in [2.24, 2.45) is 5.73 Å². The number of nitrogens with two attached hydrogens (primary N) is 1. The SMILES string of the molecule is CC(Oc1cccc(C#N)c1)C(=O)NC(N)=O. The fourth-order valence-electron chi connectivity index (χ4n) is 1.12. The van der Waals surface area contributed by atoms with Crippen molar-refractivity contribution in [1.82, 2.24) is 5.32 Å². The van der Waals surface area contributed by atoms with Crippen molar-refractivity contribution in [2.75, 3.05) is 0 Å². The summed E-state index contributed by atoms with van der Waals surface area (Å²) in [5.74, 6) is -0.268. The van der Waals surface area contributed by atoms with Crippen LogP contribution < -0.4 is 15.8 Å². The third kappa shape index (κ3) is 3.83. The molecule has 6 nitrogen and oxygen atoms in total. The first-order chi connectivity index (χ1) is 8.02. The van der Waals surface area contributed by atoms with E-state index in [1.165, 1.54) is 13.0 Å². The molecule has 0 spiro atoms. The van der Waals surface area contributed by atoms with Gasteiger partial charge in [-0.15, -0.1) is 0 Å². The number of hydrogen-bond acceptors (Lipinski definition) is 4. The summed E-state index contributed by atoms with van der Waals surface area (Å²) in [6.07, 6.45) is -0.878. The van der Waals surface area contributed by atoms with Crippen LogP contribution in [0.5, 0.6) is 5.75 Å². The number of rotatable bonds is 3. The number of amides is 3. The molecule has 0 bridgehead atoms. The lowest BCUT2D eigenvalue weighted by molar-refractivity contribution is -0.126. The number of hydrogen-bond donors (Lipinski definition) is 2. The van der Waals surface area contributed by atoms with Crippen molar-refractivity contribution < 1.29 is 14.3 Å². The largest absolute Gasteiger partial charge is 0.481 e. The zero-order valence-corrected chi connectivity index (χ0v) is 9.14. The first kappa shape index (κ1) is 12.5. The molecule has 0 heterocycles. The summed E-state index contributed by atoms with van der Waals surface area (Å²) >= 11 is 0. The highest BCUT2D eigenvalue weighted by atomic mass is 16.5. The lowest BCUT2D eigenvalue weighted by atomic mass is 10.2. The Morgan fingerprint density at radius 1 is 1.53 bits per heavy atom. The van der Waals surface area contributed by atoms with Crippen LogP contribution in [0.25, 0.3) is 0 Å². The monoisotopic (exact) mass is 233 g/mol. The highest BCUT2D eigenvalue weighted by molar-refractivity contribution is 5.95. The molecule has 3 N–H and O–H groups in total. The molecular weight excluding hydrogens is 222 g/mol. The van der Waals surface area contributed by atoms with Gasteiger partial charge in [0.1, 0.15) is 5.75 Å².